The van der Waals surface area contributed by atoms with Crippen LogP contribution in [0.4, 0.5) is 0 Å². The van der Waals surface area contributed by atoms with Crippen molar-refractivity contribution in [2.24, 2.45) is 0 Å². The minimum absolute atomic E-state index is 0.622. The number of fused-ring (bicyclic) bond motifs is 8. The zero-order valence-electron chi connectivity index (χ0n) is 26.2. The average Bonchev–Trinajstić information content (AvgIpc) is 3.57. The van der Waals surface area contributed by atoms with E-state index >= 15 is 0 Å². The van der Waals surface area contributed by atoms with Gasteiger partial charge in [0.05, 0.1) is 0 Å². The van der Waals surface area contributed by atoms with Gasteiger partial charge in [-0.3, -0.25) is 4.98 Å². The number of furan rings is 1. The maximum absolute atomic E-state index is 6.40. The molecule has 0 radical (unpaired) electrons. The van der Waals surface area contributed by atoms with Crippen LogP contribution in [0.1, 0.15) is 0 Å². The van der Waals surface area contributed by atoms with Crippen molar-refractivity contribution in [1.29, 1.82) is 0 Å². The molecule has 0 saturated heterocycles. The summed E-state index contributed by atoms with van der Waals surface area (Å²) in [5, 5.41) is 7.83. The lowest BCUT2D eigenvalue weighted by molar-refractivity contribution is 0.672. The van der Waals surface area contributed by atoms with E-state index < -0.39 is 0 Å². The molecule has 10 rings (SSSR count). The number of hydrogen-bond donors (Lipinski definition) is 0. The van der Waals surface area contributed by atoms with Gasteiger partial charge in [0.25, 0.3) is 0 Å². The van der Waals surface area contributed by atoms with Crippen LogP contribution in [0.3, 0.4) is 0 Å². The highest BCUT2D eigenvalue weighted by molar-refractivity contribution is 6.18. The van der Waals surface area contributed by atoms with E-state index in [9.17, 15) is 0 Å². The summed E-state index contributed by atoms with van der Waals surface area (Å²) in [7, 11) is 0. The summed E-state index contributed by atoms with van der Waals surface area (Å²) >= 11 is 0. The van der Waals surface area contributed by atoms with Gasteiger partial charge in [-0.05, 0) is 56.9 Å². The van der Waals surface area contributed by atoms with Gasteiger partial charge in [0, 0.05) is 39.0 Å². The Bertz CT molecular complexity index is 2880. The molecule has 0 aliphatic rings. The van der Waals surface area contributed by atoms with E-state index in [4.69, 9.17) is 19.4 Å². The Morgan fingerprint density at radius 1 is 0.408 bits per heavy atom. The number of pyridine rings is 1. The molecule has 0 spiro atoms. The van der Waals surface area contributed by atoms with Crippen LogP contribution in [0.25, 0.3) is 99.7 Å². The first-order chi connectivity index (χ1) is 24.3. The molecule has 5 heteroatoms. The second-order valence-electron chi connectivity index (χ2n) is 12.2. The van der Waals surface area contributed by atoms with Crippen molar-refractivity contribution in [2.45, 2.75) is 0 Å². The number of nitrogens with zero attached hydrogens (tertiary/aromatic N) is 4. The van der Waals surface area contributed by atoms with Crippen molar-refractivity contribution in [3.05, 3.63) is 158 Å². The lowest BCUT2D eigenvalue weighted by atomic mass is 9.96. The molecule has 10 aromatic rings. The molecule has 49 heavy (non-hydrogen) atoms. The van der Waals surface area contributed by atoms with E-state index in [0.29, 0.717) is 17.5 Å². The minimum Gasteiger partial charge on any atom is -0.454 e. The Labute approximate surface area is 281 Å². The van der Waals surface area contributed by atoms with Crippen LogP contribution in [0.5, 0.6) is 0 Å². The standard InChI is InChI=1S/C44H26N4O/c1-2-10-29(11-3-1)42-46-43(48-44(47-42)37-26-31-12-4-5-14-32(31)34-15-6-7-16-35(34)37)30-21-19-27(20-22-30)33-17-8-18-38-39(33)36-24-23-28-13-9-25-45-40(28)41(36)49-38/h1-26H. The van der Waals surface area contributed by atoms with Crippen LogP contribution in [-0.2, 0) is 0 Å². The highest BCUT2D eigenvalue weighted by Crippen LogP contribution is 2.40. The fourth-order valence-electron chi connectivity index (χ4n) is 7.04. The molecule has 228 valence electrons. The zero-order chi connectivity index (χ0) is 32.3. The fraction of sp³-hybridized carbons (Fsp3) is 0. The molecule has 0 saturated carbocycles. The molecule has 0 amide bonds. The van der Waals surface area contributed by atoms with Crippen LogP contribution < -0.4 is 0 Å². The van der Waals surface area contributed by atoms with Gasteiger partial charge in [0.2, 0.25) is 0 Å². The Morgan fingerprint density at radius 2 is 1.08 bits per heavy atom. The van der Waals surface area contributed by atoms with E-state index in [1.807, 2.05) is 54.7 Å². The highest BCUT2D eigenvalue weighted by atomic mass is 16.3. The van der Waals surface area contributed by atoms with E-state index in [2.05, 4.69) is 108 Å². The quantitative estimate of drug-likeness (QED) is 0.182. The SMILES string of the molecule is c1ccc(-c2nc(-c3ccc(-c4cccc5oc6c(ccc7cccnc76)c45)cc3)nc(-c3cc4ccccc4c4ccccc34)n2)cc1. The topological polar surface area (TPSA) is 64.7 Å². The van der Waals surface area contributed by atoms with Gasteiger partial charge in [-0.1, -0.05) is 127 Å². The Morgan fingerprint density at radius 3 is 1.92 bits per heavy atom. The summed E-state index contributed by atoms with van der Waals surface area (Å²) in [6.45, 7) is 0. The third-order valence-electron chi connectivity index (χ3n) is 9.37. The molecule has 5 nitrogen and oxygen atoms in total. The molecule has 0 atom stereocenters. The van der Waals surface area contributed by atoms with Gasteiger partial charge in [0.15, 0.2) is 23.1 Å². The van der Waals surface area contributed by atoms with E-state index in [1.165, 1.54) is 10.8 Å². The number of aromatic nitrogens is 4. The van der Waals surface area contributed by atoms with Gasteiger partial charge in [-0.2, -0.15) is 0 Å². The molecule has 0 fully saturated rings. The lowest BCUT2D eigenvalue weighted by Gasteiger charge is -2.12. The normalized spacial score (nSPS) is 11.7. The first kappa shape index (κ1) is 27.4. The number of benzene rings is 7. The molecule has 0 aliphatic heterocycles. The van der Waals surface area contributed by atoms with E-state index in [-0.39, 0.29) is 0 Å². The average molecular weight is 627 g/mol. The fourth-order valence-corrected chi connectivity index (χ4v) is 7.04. The third kappa shape index (κ3) is 4.48. The monoisotopic (exact) mass is 626 g/mol. The first-order valence-corrected chi connectivity index (χ1v) is 16.3. The summed E-state index contributed by atoms with van der Waals surface area (Å²) in [4.78, 5) is 19.8. The lowest BCUT2D eigenvalue weighted by Crippen LogP contribution is -2.00. The van der Waals surface area contributed by atoms with Crippen LogP contribution in [0, 0.1) is 0 Å². The van der Waals surface area contributed by atoms with Crippen molar-refractivity contribution in [3.63, 3.8) is 0 Å². The van der Waals surface area contributed by atoms with E-state index in [0.717, 1.165) is 71.4 Å². The number of hydrogen-bond acceptors (Lipinski definition) is 5. The van der Waals surface area contributed by atoms with Gasteiger partial charge in [-0.25, -0.2) is 15.0 Å². The second kappa shape index (κ2) is 10.9. The minimum atomic E-state index is 0.622. The van der Waals surface area contributed by atoms with Gasteiger partial charge < -0.3 is 4.42 Å². The van der Waals surface area contributed by atoms with Crippen LogP contribution in [-0.4, -0.2) is 19.9 Å². The Hall–Kier alpha value is -6.72. The van der Waals surface area contributed by atoms with Crippen molar-refractivity contribution in [2.75, 3.05) is 0 Å². The highest BCUT2D eigenvalue weighted by Gasteiger charge is 2.18. The smallest absolute Gasteiger partial charge is 0.164 e. The van der Waals surface area contributed by atoms with Crippen LogP contribution in [0.2, 0.25) is 0 Å². The molecular formula is C44H26N4O. The summed E-state index contributed by atoms with van der Waals surface area (Å²) in [6.07, 6.45) is 1.81. The maximum atomic E-state index is 6.40. The van der Waals surface area contributed by atoms with Gasteiger partial charge >= 0.3 is 0 Å². The Balaban J connectivity index is 1.14. The van der Waals surface area contributed by atoms with E-state index in [1.54, 1.807) is 0 Å². The van der Waals surface area contributed by atoms with Crippen molar-refractivity contribution in [1.82, 2.24) is 19.9 Å². The van der Waals surface area contributed by atoms with Crippen LogP contribution >= 0.6 is 0 Å². The molecule has 0 unspecified atom stereocenters. The summed E-state index contributed by atoms with van der Waals surface area (Å²) in [5.41, 5.74) is 7.53. The molecule has 3 heterocycles. The van der Waals surface area contributed by atoms with Gasteiger partial charge in [0.1, 0.15) is 11.1 Å². The third-order valence-corrected chi connectivity index (χ3v) is 9.37. The zero-order valence-corrected chi connectivity index (χ0v) is 26.2. The summed E-state index contributed by atoms with van der Waals surface area (Å²) in [5.74, 6) is 1.90. The molecule has 7 aromatic carbocycles. The first-order valence-electron chi connectivity index (χ1n) is 16.3. The van der Waals surface area contributed by atoms with Gasteiger partial charge in [-0.15, -0.1) is 0 Å². The van der Waals surface area contributed by atoms with Crippen molar-refractivity contribution >= 4 is 54.4 Å². The second-order valence-corrected chi connectivity index (χ2v) is 12.2. The summed E-state index contributed by atoms with van der Waals surface area (Å²) < 4.78 is 6.40. The molecular weight excluding hydrogens is 601 g/mol. The van der Waals surface area contributed by atoms with Crippen molar-refractivity contribution in [3.8, 4) is 45.3 Å². The molecule has 0 N–H and O–H groups in total. The number of rotatable bonds is 4. The largest absolute Gasteiger partial charge is 0.454 e. The predicted molar refractivity (Wildman–Crippen MR) is 199 cm³/mol. The predicted octanol–water partition coefficient (Wildman–Crippen LogP) is 11.3. The molecule has 0 bridgehead atoms. The summed E-state index contributed by atoms with van der Waals surface area (Å²) in [6, 6.07) is 52.2. The molecule has 3 aromatic heterocycles. The Kier molecular flexibility index (Phi) is 6.11. The molecule has 0 aliphatic carbocycles. The van der Waals surface area contributed by atoms with Crippen molar-refractivity contribution < 1.29 is 4.42 Å². The maximum Gasteiger partial charge on any atom is 0.164 e. The van der Waals surface area contributed by atoms with Crippen LogP contribution in [0.15, 0.2) is 162 Å².